The molecule has 8 heteroatoms. The lowest BCUT2D eigenvalue weighted by Gasteiger charge is -2.27. The first-order valence-electron chi connectivity index (χ1n) is 6.97. The highest BCUT2D eigenvalue weighted by atomic mass is 35.5. The van der Waals surface area contributed by atoms with Gasteiger partial charge in [0, 0.05) is 11.1 Å². The highest BCUT2D eigenvalue weighted by Gasteiger charge is 2.42. The number of H-pyrrole nitrogens is 1. The average molecular weight is 349 g/mol. The van der Waals surface area contributed by atoms with Crippen LogP contribution in [0.15, 0.2) is 6.07 Å². The van der Waals surface area contributed by atoms with E-state index >= 15 is 0 Å². The maximum Gasteiger partial charge on any atom is 0.392 e. The molecule has 2 aromatic rings. The number of pyridine rings is 1. The van der Waals surface area contributed by atoms with Crippen LogP contribution in [-0.4, -0.2) is 29.2 Å². The first-order chi connectivity index (χ1) is 10.3. The van der Waals surface area contributed by atoms with Gasteiger partial charge in [0.1, 0.15) is 11.3 Å². The number of carbonyl (C=O) groups is 1. The molecular formula is C15H16ClF3N2O2. The second kappa shape index (κ2) is 6.03. The first-order valence-corrected chi connectivity index (χ1v) is 6.97. The summed E-state index contributed by atoms with van der Waals surface area (Å²) in [7, 11) is 1.27. The number of aryl methyl sites for hydroxylation is 2. The molecule has 0 aromatic carbocycles. The zero-order valence-corrected chi connectivity index (χ0v) is 13.4. The Labute approximate surface area is 136 Å². The van der Waals surface area contributed by atoms with Gasteiger partial charge in [-0.25, -0.2) is 9.78 Å². The highest BCUT2D eigenvalue weighted by Crippen LogP contribution is 2.38. The number of fused-ring (bicyclic) bond motifs is 2. The van der Waals surface area contributed by atoms with Crippen molar-refractivity contribution in [3.05, 3.63) is 28.6 Å². The van der Waals surface area contributed by atoms with Crippen LogP contribution in [0.4, 0.5) is 13.2 Å². The molecule has 0 saturated heterocycles. The van der Waals surface area contributed by atoms with E-state index in [1.807, 2.05) is 0 Å². The lowest BCUT2D eigenvalue weighted by Crippen LogP contribution is -2.29. The lowest BCUT2D eigenvalue weighted by molar-refractivity contribution is -0.177. The van der Waals surface area contributed by atoms with E-state index in [-0.39, 0.29) is 30.9 Å². The molecule has 0 radical (unpaired) electrons. The van der Waals surface area contributed by atoms with Crippen LogP contribution in [0, 0.1) is 12.8 Å². The fourth-order valence-electron chi connectivity index (χ4n) is 3.04. The third kappa shape index (κ3) is 3.02. The minimum absolute atomic E-state index is 0. The predicted molar refractivity (Wildman–Crippen MR) is 81.0 cm³/mol. The molecule has 0 amide bonds. The van der Waals surface area contributed by atoms with Crippen molar-refractivity contribution in [2.45, 2.75) is 32.4 Å². The quantitative estimate of drug-likeness (QED) is 0.799. The van der Waals surface area contributed by atoms with Crippen LogP contribution in [0.25, 0.3) is 11.0 Å². The molecule has 1 aliphatic carbocycles. The molecule has 3 rings (SSSR count). The number of ether oxygens (including phenoxy) is 1. The molecule has 2 aromatic heterocycles. The Morgan fingerprint density at radius 1 is 1.43 bits per heavy atom. The molecule has 1 unspecified atom stereocenters. The predicted octanol–water partition coefficient (Wildman–Crippen LogP) is 3.75. The van der Waals surface area contributed by atoms with Crippen molar-refractivity contribution in [3.63, 3.8) is 0 Å². The maximum absolute atomic E-state index is 12.9. The van der Waals surface area contributed by atoms with Crippen LogP contribution < -0.4 is 0 Å². The van der Waals surface area contributed by atoms with E-state index in [1.165, 1.54) is 7.11 Å². The van der Waals surface area contributed by atoms with E-state index < -0.39 is 18.1 Å². The number of aromatic nitrogens is 2. The van der Waals surface area contributed by atoms with Crippen molar-refractivity contribution in [1.82, 2.24) is 9.97 Å². The number of nitrogens with one attached hydrogen (secondary N) is 1. The summed E-state index contributed by atoms with van der Waals surface area (Å²) in [5.74, 6) is -1.85. The highest BCUT2D eigenvalue weighted by molar-refractivity contribution is 5.95. The van der Waals surface area contributed by atoms with Crippen LogP contribution in [0.5, 0.6) is 0 Å². The monoisotopic (exact) mass is 348 g/mol. The van der Waals surface area contributed by atoms with Crippen molar-refractivity contribution >= 4 is 29.4 Å². The summed E-state index contributed by atoms with van der Waals surface area (Å²) in [4.78, 5) is 18.8. The average Bonchev–Trinajstić information content (AvgIpc) is 2.89. The molecule has 2 heterocycles. The largest absolute Gasteiger partial charge is 0.464 e. The molecule has 0 spiro atoms. The van der Waals surface area contributed by atoms with E-state index in [4.69, 9.17) is 0 Å². The third-order valence-corrected chi connectivity index (χ3v) is 4.30. The molecule has 0 bridgehead atoms. The smallest absolute Gasteiger partial charge is 0.392 e. The molecule has 1 aliphatic rings. The second-order valence-electron chi connectivity index (χ2n) is 5.58. The second-order valence-corrected chi connectivity index (χ2v) is 5.58. The number of hydrogen-bond donors (Lipinski definition) is 1. The summed E-state index contributed by atoms with van der Waals surface area (Å²) < 4.78 is 43.5. The molecule has 1 atom stereocenters. The number of alkyl halides is 3. The summed E-state index contributed by atoms with van der Waals surface area (Å²) in [5.41, 5.74) is 2.85. The Kier molecular flexibility index (Phi) is 4.61. The standard InChI is InChI=1S/C15H15F3N2O2.ClH/c1-7-9-5-8(15(16,17)18)3-4-11(9)19-13-10(7)6-12(20-13)14(21)22-2;/h6,8H,3-5H2,1-2H3,(H,19,20);1H. The zero-order chi connectivity index (χ0) is 16.1. The number of rotatable bonds is 1. The molecule has 4 nitrogen and oxygen atoms in total. The van der Waals surface area contributed by atoms with Gasteiger partial charge in [-0.1, -0.05) is 0 Å². The molecule has 0 fully saturated rings. The van der Waals surface area contributed by atoms with Crippen molar-refractivity contribution in [2.75, 3.05) is 7.11 Å². The normalized spacial score (nSPS) is 17.5. The fraction of sp³-hybridized carbons (Fsp3) is 0.467. The van der Waals surface area contributed by atoms with E-state index in [2.05, 4.69) is 14.7 Å². The maximum atomic E-state index is 12.9. The lowest BCUT2D eigenvalue weighted by atomic mass is 9.83. The van der Waals surface area contributed by atoms with Crippen LogP contribution in [-0.2, 0) is 17.6 Å². The van der Waals surface area contributed by atoms with Gasteiger partial charge in [-0.05, 0) is 43.4 Å². The van der Waals surface area contributed by atoms with Gasteiger partial charge in [0.05, 0.1) is 13.0 Å². The van der Waals surface area contributed by atoms with Gasteiger partial charge in [-0.2, -0.15) is 13.2 Å². The first kappa shape index (κ1) is 17.6. The van der Waals surface area contributed by atoms with Crippen molar-refractivity contribution in [2.24, 2.45) is 5.92 Å². The summed E-state index contributed by atoms with van der Waals surface area (Å²) >= 11 is 0. The number of halogens is 4. The third-order valence-electron chi connectivity index (χ3n) is 4.30. The van der Waals surface area contributed by atoms with Gasteiger partial charge in [0.15, 0.2) is 0 Å². The number of methoxy groups -OCH3 is 1. The van der Waals surface area contributed by atoms with Crippen LogP contribution >= 0.6 is 12.4 Å². The van der Waals surface area contributed by atoms with Crippen LogP contribution in [0.2, 0.25) is 0 Å². The van der Waals surface area contributed by atoms with Crippen LogP contribution in [0.1, 0.15) is 33.7 Å². The van der Waals surface area contributed by atoms with Gasteiger partial charge in [-0.3, -0.25) is 0 Å². The molecular weight excluding hydrogens is 333 g/mol. The Bertz CT molecular complexity index is 755. The molecule has 1 N–H and O–H groups in total. The van der Waals surface area contributed by atoms with E-state index in [9.17, 15) is 18.0 Å². The van der Waals surface area contributed by atoms with Gasteiger partial charge in [-0.15, -0.1) is 12.4 Å². The van der Waals surface area contributed by atoms with Crippen LogP contribution in [0.3, 0.4) is 0 Å². The van der Waals surface area contributed by atoms with Gasteiger partial charge in [0.25, 0.3) is 0 Å². The minimum Gasteiger partial charge on any atom is -0.464 e. The van der Waals surface area contributed by atoms with Gasteiger partial charge in [0.2, 0.25) is 0 Å². The van der Waals surface area contributed by atoms with E-state index in [0.717, 1.165) is 5.56 Å². The molecule has 126 valence electrons. The van der Waals surface area contributed by atoms with E-state index in [1.54, 1.807) is 13.0 Å². The molecule has 0 saturated carbocycles. The van der Waals surface area contributed by atoms with Crippen molar-refractivity contribution in [3.8, 4) is 0 Å². The summed E-state index contributed by atoms with van der Waals surface area (Å²) in [6.07, 6.45) is -3.89. The van der Waals surface area contributed by atoms with E-state index in [0.29, 0.717) is 28.7 Å². The van der Waals surface area contributed by atoms with Gasteiger partial charge >= 0.3 is 12.1 Å². The van der Waals surface area contributed by atoms with Crippen molar-refractivity contribution in [1.29, 1.82) is 0 Å². The SMILES string of the molecule is COC(=O)c1cc2c(C)c3c(nc2[nH]1)CCC(C(F)(F)F)C3.Cl. The Hall–Kier alpha value is -1.76. The fourth-order valence-corrected chi connectivity index (χ4v) is 3.04. The number of carbonyl (C=O) groups excluding carboxylic acids is 1. The topological polar surface area (TPSA) is 55.0 Å². The van der Waals surface area contributed by atoms with Gasteiger partial charge < -0.3 is 9.72 Å². The summed E-state index contributed by atoms with van der Waals surface area (Å²) in [5, 5.41) is 0.668. The number of aromatic amines is 1. The zero-order valence-electron chi connectivity index (χ0n) is 12.6. The Morgan fingerprint density at radius 3 is 2.74 bits per heavy atom. The number of nitrogens with zero attached hydrogens (tertiary/aromatic N) is 1. The molecule has 23 heavy (non-hydrogen) atoms. The summed E-state index contributed by atoms with van der Waals surface area (Å²) in [6.45, 7) is 1.77. The molecule has 0 aliphatic heterocycles. The van der Waals surface area contributed by atoms with Crippen molar-refractivity contribution < 1.29 is 22.7 Å². The minimum atomic E-state index is -4.19. The summed E-state index contributed by atoms with van der Waals surface area (Å²) in [6, 6.07) is 1.58. The number of esters is 1. The number of hydrogen-bond acceptors (Lipinski definition) is 3. The Balaban J connectivity index is 0.00000192. The Morgan fingerprint density at radius 2 is 2.13 bits per heavy atom.